The predicted molar refractivity (Wildman–Crippen MR) is 93.9 cm³/mol. The molecule has 6 heteroatoms. The molecule has 1 amide bonds. The van der Waals surface area contributed by atoms with Crippen LogP contribution < -0.4 is 16.8 Å². The van der Waals surface area contributed by atoms with Crippen molar-refractivity contribution in [1.29, 1.82) is 0 Å². The van der Waals surface area contributed by atoms with E-state index in [9.17, 15) is 4.79 Å². The van der Waals surface area contributed by atoms with Crippen LogP contribution in [0.3, 0.4) is 0 Å². The van der Waals surface area contributed by atoms with Gasteiger partial charge in [-0.2, -0.15) is 0 Å². The number of hydrogen-bond acceptors (Lipinski definition) is 5. The number of aromatic nitrogens is 1. The molecule has 1 aromatic heterocycles. The lowest BCUT2D eigenvalue weighted by molar-refractivity contribution is 0.140. The highest BCUT2D eigenvalue weighted by Crippen LogP contribution is 2.19. The zero-order chi connectivity index (χ0) is 17.4. The Kier molecular flexibility index (Phi) is 6.03. The molecule has 0 aliphatic carbocycles. The van der Waals surface area contributed by atoms with Crippen molar-refractivity contribution in [2.75, 3.05) is 18.0 Å². The summed E-state index contributed by atoms with van der Waals surface area (Å²) >= 11 is 0. The molecule has 2 rings (SSSR count). The first kappa shape index (κ1) is 17.2. The molecule has 2 aromatic rings. The van der Waals surface area contributed by atoms with E-state index in [0.29, 0.717) is 24.5 Å². The van der Waals surface area contributed by atoms with E-state index in [1.807, 2.05) is 37.3 Å². The highest BCUT2D eigenvalue weighted by atomic mass is 16.5. The number of nitrogens with two attached hydrogens (primary N) is 2. The summed E-state index contributed by atoms with van der Waals surface area (Å²) in [5.74, 6) is 6.24. The minimum absolute atomic E-state index is 0.244. The third-order valence-corrected chi connectivity index (χ3v) is 3.37. The molecule has 0 atom stereocenters. The predicted octanol–water partition coefficient (Wildman–Crippen LogP) is 2.22. The van der Waals surface area contributed by atoms with Crippen LogP contribution in [0.5, 0.6) is 0 Å². The smallest absolute Gasteiger partial charge is 0.407 e. The van der Waals surface area contributed by atoms with Gasteiger partial charge in [0.25, 0.3) is 0 Å². The van der Waals surface area contributed by atoms with Gasteiger partial charge in [0.2, 0.25) is 0 Å². The van der Waals surface area contributed by atoms with E-state index < -0.39 is 6.09 Å². The lowest BCUT2D eigenvalue weighted by atomic mass is 10.1. The average Bonchev–Trinajstić information content (AvgIpc) is 2.60. The molecule has 0 aliphatic heterocycles. The van der Waals surface area contributed by atoms with E-state index in [2.05, 4.69) is 22.1 Å². The van der Waals surface area contributed by atoms with Crippen molar-refractivity contribution in [2.24, 2.45) is 0 Å². The molecule has 124 valence electrons. The van der Waals surface area contributed by atoms with Gasteiger partial charge in [-0.05, 0) is 18.1 Å². The van der Waals surface area contributed by atoms with Gasteiger partial charge in [-0.25, -0.2) is 9.78 Å². The lowest BCUT2D eigenvalue weighted by Gasteiger charge is -2.05. The fourth-order valence-corrected chi connectivity index (χ4v) is 1.92. The van der Waals surface area contributed by atoms with Crippen LogP contribution in [-0.4, -0.2) is 17.6 Å². The quantitative estimate of drug-likeness (QED) is 0.591. The second-order valence-electron chi connectivity index (χ2n) is 5.14. The minimum Gasteiger partial charge on any atom is -0.445 e. The molecular formula is C18H20N4O2. The second kappa shape index (κ2) is 8.44. The average molecular weight is 324 g/mol. The second-order valence-corrected chi connectivity index (χ2v) is 5.14. The van der Waals surface area contributed by atoms with Crippen LogP contribution in [0.25, 0.3) is 0 Å². The zero-order valence-corrected chi connectivity index (χ0v) is 13.5. The van der Waals surface area contributed by atoms with Gasteiger partial charge >= 0.3 is 6.09 Å². The van der Waals surface area contributed by atoms with E-state index in [1.165, 1.54) is 0 Å². The number of carbonyl (C=O) groups is 1. The van der Waals surface area contributed by atoms with Gasteiger partial charge in [0.15, 0.2) is 0 Å². The lowest BCUT2D eigenvalue weighted by Crippen LogP contribution is -2.24. The summed E-state index contributed by atoms with van der Waals surface area (Å²) in [5.41, 5.74) is 14.4. The molecule has 0 radical (unpaired) electrons. The Balaban J connectivity index is 1.73. The molecule has 0 saturated heterocycles. The Bertz CT molecular complexity index is 764. The molecular weight excluding hydrogens is 304 g/mol. The number of ether oxygens (including phenoxy) is 1. The fourth-order valence-electron chi connectivity index (χ4n) is 1.92. The fraction of sp³-hybridized carbons (Fsp3) is 0.222. The topological polar surface area (TPSA) is 103 Å². The molecule has 6 nitrogen and oxygen atoms in total. The van der Waals surface area contributed by atoms with Crippen LogP contribution in [0.15, 0.2) is 36.5 Å². The van der Waals surface area contributed by atoms with E-state index in [-0.39, 0.29) is 6.61 Å². The molecule has 1 heterocycles. The van der Waals surface area contributed by atoms with Crippen molar-refractivity contribution in [3.8, 4) is 11.8 Å². The van der Waals surface area contributed by atoms with Crippen molar-refractivity contribution >= 4 is 17.6 Å². The molecule has 0 fully saturated rings. The van der Waals surface area contributed by atoms with Gasteiger partial charge < -0.3 is 21.5 Å². The van der Waals surface area contributed by atoms with Crippen molar-refractivity contribution in [1.82, 2.24) is 10.3 Å². The summed E-state index contributed by atoms with van der Waals surface area (Å²) in [6, 6.07) is 9.50. The number of anilines is 2. The van der Waals surface area contributed by atoms with Crippen LogP contribution >= 0.6 is 0 Å². The van der Waals surface area contributed by atoms with E-state index in [4.69, 9.17) is 16.2 Å². The Labute approximate surface area is 141 Å². The summed E-state index contributed by atoms with van der Waals surface area (Å²) in [6.07, 6.45) is 1.62. The highest BCUT2D eigenvalue weighted by Gasteiger charge is 2.04. The number of hydrogen-bond donors (Lipinski definition) is 3. The van der Waals surface area contributed by atoms with E-state index in [1.54, 1.807) is 6.20 Å². The number of amides is 1. The standard InChI is InChI=1S/C18H20N4O2/c1-13-15(11-22-17(20)16(13)19)9-5-6-10-21-18(23)24-12-14-7-3-2-4-8-14/h2-4,7-8,11H,6,10,12,19H2,1H3,(H2,20,22)(H,21,23). The number of benzene rings is 1. The third kappa shape index (κ3) is 4.92. The molecule has 0 aliphatic rings. The van der Waals surface area contributed by atoms with Crippen molar-refractivity contribution < 1.29 is 9.53 Å². The van der Waals surface area contributed by atoms with Crippen LogP contribution in [0.4, 0.5) is 16.3 Å². The Hall–Kier alpha value is -3.20. The largest absolute Gasteiger partial charge is 0.445 e. The number of nitrogens with zero attached hydrogens (tertiary/aromatic N) is 1. The number of carbonyl (C=O) groups excluding carboxylic acids is 1. The number of rotatable bonds is 4. The Morgan fingerprint density at radius 2 is 2.04 bits per heavy atom. The molecule has 5 N–H and O–H groups in total. The maximum absolute atomic E-state index is 11.6. The first-order valence-corrected chi connectivity index (χ1v) is 7.52. The van der Waals surface area contributed by atoms with Gasteiger partial charge in [-0.15, -0.1) is 0 Å². The first-order chi connectivity index (χ1) is 11.6. The van der Waals surface area contributed by atoms with Gasteiger partial charge in [0.1, 0.15) is 12.4 Å². The molecule has 1 aromatic carbocycles. The van der Waals surface area contributed by atoms with E-state index in [0.717, 1.165) is 16.7 Å². The summed E-state index contributed by atoms with van der Waals surface area (Å²) < 4.78 is 5.10. The Morgan fingerprint density at radius 1 is 1.29 bits per heavy atom. The summed E-state index contributed by atoms with van der Waals surface area (Å²) in [5, 5.41) is 2.65. The van der Waals surface area contributed by atoms with Gasteiger partial charge in [-0.3, -0.25) is 0 Å². The van der Waals surface area contributed by atoms with Crippen molar-refractivity contribution in [3.05, 3.63) is 53.2 Å². The number of pyridine rings is 1. The van der Waals surface area contributed by atoms with Crippen molar-refractivity contribution in [2.45, 2.75) is 20.0 Å². The van der Waals surface area contributed by atoms with Crippen molar-refractivity contribution in [3.63, 3.8) is 0 Å². The maximum atomic E-state index is 11.6. The summed E-state index contributed by atoms with van der Waals surface area (Å²) in [6.45, 7) is 2.49. The Morgan fingerprint density at radius 3 is 2.79 bits per heavy atom. The van der Waals surface area contributed by atoms with Gasteiger partial charge in [-0.1, -0.05) is 42.2 Å². The van der Waals surface area contributed by atoms with E-state index >= 15 is 0 Å². The highest BCUT2D eigenvalue weighted by molar-refractivity contribution is 5.67. The zero-order valence-electron chi connectivity index (χ0n) is 13.5. The SMILES string of the molecule is Cc1c(C#CCCNC(=O)OCc2ccccc2)cnc(N)c1N. The summed E-state index contributed by atoms with van der Waals surface area (Å²) in [7, 11) is 0. The number of alkyl carbamates (subject to hydrolysis) is 1. The number of nitrogen functional groups attached to an aromatic ring is 2. The first-order valence-electron chi connectivity index (χ1n) is 7.52. The molecule has 0 bridgehead atoms. The van der Waals surface area contributed by atoms with Crippen LogP contribution in [0.2, 0.25) is 0 Å². The monoisotopic (exact) mass is 324 g/mol. The minimum atomic E-state index is -0.463. The number of nitrogens with one attached hydrogen (secondary N) is 1. The maximum Gasteiger partial charge on any atom is 0.407 e. The molecule has 0 saturated carbocycles. The molecule has 0 spiro atoms. The van der Waals surface area contributed by atoms with Gasteiger partial charge in [0, 0.05) is 24.7 Å². The van der Waals surface area contributed by atoms with Gasteiger partial charge in [0.05, 0.1) is 5.69 Å². The molecule has 0 unspecified atom stereocenters. The normalized spacial score (nSPS) is 9.71. The van der Waals surface area contributed by atoms with Crippen LogP contribution in [-0.2, 0) is 11.3 Å². The third-order valence-electron chi connectivity index (χ3n) is 3.37. The van der Waals surface area contributed by atoms with Crippen LogP contribution in [0.1, 0.15) is 23.1 Å². The van der Waals surface area contributed by atoms with Crippen LogP contribution in [0, 0.1) is 18.8 Å². The summed E-state index contributed by atoms with van der Waals surface area (Å²) in [4.78, 5) is 15.5. The molecule has 24 heavy (non-hydrogen) atoms.